The summed E-state index contributed by atoms with van der Waals surface area (Å²) >= 11 is -3.71. The van der Waals surface area contributed by atoms with E-state index in [-0.39, 0.29) is 21.7 Å². The Kier molecular flexibility index (Phi) is 9.24. The number of thiazole rings is 1. The van der Waals surface area contributed by atoms with Gasteiger partial charge >= 0.3 is 88.1 Å². The number of para-hydroxylation sites is 1. The number of amides is 2. The summed E-state index contributed by atoms with van der Waals surface area (Å²) in [4.78, 5) is 31.4. The van der Waals surface area contributed by atoms with E-state index in [4.69, 9.17) is 8.19 Å². The number of nitrogens with zero attached hydrogens (tertiary/aromatic N) is 2. The van der Waals surface area contributed by atoms with E-state index in [1.54, 1.807) is 24.5 Å². The fraction of sp³-hybridized carbons (Fsp3) is 0.154. The molecule has 0 saturated heterocycles. The van der Waals surface area contributed by atoms with Gasteiger partial charge in [0.25, 0.3) is 5.91 Å². The second-order valence-electron chi connectivity index (χ2n) is 8.30. The van der Waals surface area contributed by atoms with Crippen molar-refractivity contribution in [2.24, 2.45) is 0 Å². The molecule has 2 aromatic heterocycles. The monoisotopic (exact) mass is 598 g/mol. The molecule has 38 heavy (non-hydrogen) atoms. The number of phenolic OH excluding ortho intramolecular Hbond substituents is 1. The molecule has 0 bridgehead atoms. The Hall–Kier alpha value is -3.76. The van der Waals surface area contributed by atoms with Crippen LogP contribution in [-0.4, -0.2) is 49.3 Å². The van der Waals surface area contributed by atoms with Gasteiger partial charge in [0.05, 0.1) is 5.69 Å². The summed E-state index contributed by atoms with van der Waals surface area (Å²) in [6.45, 7) is 7.51. The van der Waals surface area contributed by atoms with Crippen LogP contribution in [0, 0.1) is 20.8 Å². The van der Waals surface area contributed by atoms with Crippen molar-refractivity contribution in [1.29, 1.82) is 0 Å². The van der Waals surface area contributed by atoms with E-state index in [1.807, 2.05) is 5.38 Å². The number of aromatic hydroxyl groups is 1. The van der Waals surface area contributed by atoms with E-state index in [9.17, 15) is 18.4 Å². The van der Waals surface area contributed by atoms with Gasteiger partial charge in [-0.25, -0.2) is 4.98 Å². The summed E-state index contributed by atoms with van der Waals surface area (Å²) in [6.07, 6.45) is 3.20. The molecule has 0 atom stereocenters. The van der Waals surface area contributed by atoms with Crippen molar-refractivity contribution in [3.8, 4) is 17.0 Å². The van der Waals surface area contributed by atoms with Crippen LogP contribution in [0.4, 0.5) is 10.8 Å². The quantitative estimate of drug-likeness (QED) is 0.173. The van der Waals surface area contributed by atoms with Crippen LogP contribution in [0.2, 0.25) is 0 Å². The van der Waals surface area contributed by atoms with Gasteiger partial charge in [-0.05, 0) is 49.6 Å². The third-order valence-electron chi connectivity index (χ3n) is 5.64. The first-order valence-electron chi connectivity index (χ1n) is 11.3. The predicted octanol–water partition coefficient (Wildman–Crippen LogP) is 3.29. The van der Waals surface area contributed by atoms with Crippen molar-refractivity contribution in [3.05, 3.63) is 82.5 Å². The molecule has 10 nitrogen and oxygen atoms in total. The smallest absolute Gasteiger partial charge is 0.257 e. The third-order valence-corrected chi connectivity index (χ3v) is 8.49. The van der Waals surface area contributed by atoms with Crippen LogP contribution < -0.4 is 15.0 Å². The maximum atomic E-state index is 12.2. The second-order valence-corrected chi connectivity index (χ2v) is 12.5. The summed E-state index contributed by atoms with van der Waals surface area (Å²) in [7, 11) is 0. The molecule has 4 aromatic rings. The number of hydrogen-bond acceptors (Lipinski definition) is 7. The molecule has 2 aromatic carbocycles. The van der Waals surface area contributed by atoms with Crippen LogP contribution >= 0.6 is 11.3 Å². The predicted molar refractivity (Wildman–Crippen MR) is 147 cm³/mol. The Morgan fingerprint density at radius 1 is 0.947 bits per heavy atom. The molecule has 4 rings (SSSR count). The largest absolute Gasteiger partial charge is 0.298 e. The number of hydrogen-bond donors (Lipinski definition) is 5. The number of pyridine rings is 1. The molecule has 0 aliphatic heterocycles. The maximum absolute atomic E-state index is 12.2. The molecular weight excluding hydrogens is 571 g/mol. The second kappa shape index (κ2) is 12.2. The molecule has 2 heterocycles. The van der Waals surface area contributed by atoms with Crippen molar-refractivity contribution in [2.75, 3.05) is 10.6 Å². The SMILES string of the molecule is CC(=O)Nc1c(O)cccc1[As](=O)(O)O.Cc1ccc(-c2csc(NC(=O)c3ccncc3)n2)c(C)c1C. The summed E-state index contributed by atoms with van der Waals surface area (Å²) in [5.74, 6) is -1.06. The molecule has 0 unspecified atom stereocenters. The molecule has 0 aliphatic carbocycles. The minimum absolute atomic E-state index is 0.176. The zero-order chi connectivity index (χ0) is 28.0. The number of benzene rings is 2. The number of aryl methyl sites for hydroxylation is 1. The van der Waals surface area contributed by atoms with E-state index < -0.39 is 20.1 Å². The standard InChI is InChI=1S/C18H17N3OS.C8H10AsNO5/c1-11-4-5-15(13(3)12(11)2)16-10-23-18(20-16)21-17(22)14-6-8-19-9-7-14;1-5(11)10-8-6(9(13,14)15)3-2-4-7(8)12/h4-10H,1-3H3,(H,20,21,22);2-4,12H,1H3,(H,10,11)(H2,13,14,15). The van der Waals surface area contributed by atoms with Crippen LogP contribution in [0.15, 0.2) is 60.2 Å². The summed E-state index contributed by atoms with van der Waals surface area (Å²) in [6, 6.07) is 11.3. The summed E-state index contributed by atoms with van der Waals surface area (Å²) in [5, 5.41) is 16.9. The Labute approximate surface area is 226 Å². The van der Waals surface area contributed by atoms with Crippen molar-refractivity contribution >= 4 is 52.5 Å². The Balaban J connectivity index is 0.000000232. The van der Waals surface area contributed by atoms with Gasteiger partial charge in [0, 0.05) is 28.9 Å². The molecule has 0 aliphatic rings. The molecular formula is C26H27AsN4O6S. The zero-order valence-electron chi connectivity index (χ0n) is 21.1. The third kappa shape index (κ3) is 7.17. The van der Waals surface area contributed by atoms with E-state index in [2.05, 4.69) is 53.5 Å². The molecule has 0 saturated carbocycles. The zero-order valence-corrected chi connectivity index (χ0v) is 23.8. The number of carbonyl (C=O) groups excluding carboxylic acids is 2. The minimum Gasteiger partial charge on any atom is -0.298 e. The first kappa shape index (κ1) is 28.8. The first-order chi connectivity index (χ1) is 17.9. The number of carbonyl (C=O) groups is 2. The molecule has 2 amide bonds. The van der Waals surface area contributed by atoms with Crippen LogP contribution in [0.5, 0.6) is 5.75 Å². The van der Waals surface area contributed by atoms with Crippen LogP contribution in [0.1, 0.15) is 34.0 Å². The number of aromatic nitrogens is 2. The van der Waals surface area contributed by atoms with E-state index in [0.29, 0.717) is 10.7 Å². The average Bonchev–Trinajstić information content (AvgIpc) is 3.32. The minimum atomic E-state index is -5.14. The van der Waals surface area contributed by atoms with Crippen molar-refractivity contribution < 1.29 is 26.6 Å². The Morgan fingerprint density at radius 2 is 1.63 bits per heavy atom. The van der Waals surface area contributed by atoms with Gasteiger partial charge in [0.15, 0.2) is 5.13 Å². The van der Waals surface area contributed by atoms with Gasteiger partial charge in [-0.15, -0.1) is 11.3 Å². The number of nitrogens with one attached hydrogen (secondary N) is 2. The fourth-order valence-corrected chi connectivity index (χ4v) is 5.70. The van der Waals surface area contributed by atoms with Crippen LogP contribution in [0.3, 0.4) is 0 Å². The van der Waals surface area contributed by atoms with Crippen molar-refractivity contribution in [3.63, 3.8) is 0 Å². The molecule has 0 spiro atoms. The van der Waals surface area contributed by atoms with Gasteiger partial charge < -0.3 is 0 Å². The van der Waals surface area contributed by atoms with Gasteiger partial charge in [0.2, 0.25) is 0 Å². The number of rotatable bonds is 5. The average molecular weight is 599 g/mol. The van der Waals surface area contributed by atoms with E-state index in [1.165, 1.54) is 53.1 Å². The van der Waals surface area contributed by atoms with Crippen LogP contribution in [0.25, 0.3) is 11.3 Å². The topological polar surface area (TPSA) is 162 Å². The van der Waals surface area contributed by atoms with Gasteiger partial charge in [0.1, 0.15) is 0 Å². The van der Waals surface area contributed by atoms with Gasteiger partial charge in [-0.2, -0.15) is 0 Å². The molecule has 0 fully saturated rings. The summed E-state index contributed by atoms with van der Waals surface area (Å²) < 4.78 is 28.8. The van der Waals surface area contributed by atoms with Crippen LogP contribution in [-0.2, 0) is 8.53 Å². The van der Waals surface area contributed by atoms with E-state index >= 15 is 0 Å². The molecule has 198 valence electrons. The summed E-state index contributed by atoms with van der Waals surface area (Å²) in [5.41, 5.74) is 6.11. The van der Waals surface area contributed by atoms with E-state index in [0.717, 1.165) is 11.3 Å². The van der Waals surface area contributed by atoms with Gasteiger partial charge in [-0.3, -0.25) is 15.1 Å². The number of anilines is 2. The molecule has 0 radical (unpaired) electrons. The molecule has 12 heteroatoms. The fourth-order valence-electron chi connectivity index (χ4n) is 3.44. The first-order valence-corrected chi connectivity index (χ1v) is 15.5. The Bertz CT molecular complexity index is 1520. The van der Waals surface area contributed by atoms with Gasteiger partial charge in [-0.1, -0.05) is 12.1 Å². The maximum Gasteiger partial charge on any atom is 0.257 e. The van der Waals surface area contributed by atoms with Crippen molar-refractivity contribution in [1.82, 2.24) is 9.97 Å². The Morgan fingerprint density at radius 3 is 2.26 bits per heavy atom. The molecule has 5 N–H and O–H groups in total. The normalized spacial score (nSPS) is 10.8. The number of phenols is 1. The van der Waals surface area contributed by atoms with Crippen molar-refractivity contribution in [2.45, 2.75) is 27.7 Å².